The van der Waals surface area contributed by atoms with Crippen LogP contribution in [0, 0.1) is 11.7 Å². The minimum absolute atomic E-state index is 0.0498. The quantitative estimate of drug-likeness (QED) is 0.743. The molecule has 0 aromatic heterocycles. The molecule has 0 unspecified atom stereocenters. The van der Waals surface area contributed by atoms with E-state index in [-0.39, 0.29) is 17.8 Å². The summed E-state index contributed by atoms with van der Waals surface area (Å²) in [5, 5.41) is 0. The van der Waals surface area contributed by atoms with Crippen molar-refractivity contribution in [2.24, 2.45) is 5.92 Å². The Hall–Kier alpha value is -1.42. The first-order valence-electron chi connectivity index (χ1n) is 9.91. The largest absolute Gasteiger partial charge is 0.310 e. The van der Waals surface area contributed by atoms with Gasteiger partial charge in [-0.3, -0.25) is 4.79 Å². The van der Waals surface area contributed by atoms with Gasteiger partial charge in [0.05, 0.1) is 0 Å². The number of anilines is 1. The molecule has 1 saturated carbocycles. The summed E-state index contributed by atoms with van der Waals surface area (Å²) in [7, 11) is 0. The van der Waals surface area contributed by atoms with E-state index in [0.717, 1.165) is 37.5 Å². The number of benzene rings is 1. The standard InChI is InChI=1S/C21H31FN2O/c1-17(25)24(20-10-8-19(22)9-11-20)21-12-14-23(15-13-21)16-18-6-4-2-3-5-7-18/h8-11,18,21H,2-7,12-16H2,1H3. The number of likely N-dealkylation sites (tertiary alicyclic amines) is 1. The van der Waals surface area contributed by atoms with E-state index < -0.39 is 0 Å². The molecule has 1 aliphatic heterocycles. The van der Waals surface area contributed by atoms with Crippen molar-refractivity contribution in [3.05, 3.63) is 30.1 Å². The van der Waals surface area contributed by atoms with Crippen molar-refractivity contribution < 1.29 is 9.18 Å². The van der Waals surface area contributed by atoms with E-state index in [1.807, 2.05) is 4.90 Å². The highest BCUT2D eigenvalue weighted by Gasteiger charge is 2.28. The summed E-state index contributed by atoms with van der Waals surface area (Å²) in [6.45, 7) is 4.96. The summed E-state index contributed by atoms with van der Waals surface area (Å²) in [6.07, 6.45) is 10.4. The number of hydrogen-bond donors (Lipinski definition) is 0. The number of carbonyl (C=O) groups is 1. The Morgan fingerprint density at radius 2 is 1.64 bits per heavy atom. The topological polar surface area (TPSA) is 23.6 Å². The van der Waals surface area contributed by atoms with Crippen molar-refractivity contribution in [2.45, 2.75) is 64.3 Å². The number of halogens is 1. The molecule has 1 aromatic rings. The molecule has 0 radical (unpaired) electrons. The average Bonchev–Trinajstić information content (AvgIpc) is 2.87. The second-order valence-corrected chi connectivity index (χ2v) is 7.75. The molecule has 1 saturated heterocycles. The minimum Gasteiger partial charge on any atom is -0.310 e. The molecule has 0 spiro atoms. The van der Waals surface area contributed by atoms with Crippen molar-refractivity contribution in [1.82, 2.24) is 4.90 Å². The molecule has 3 nitrogen and oxygen atoms in total. The minimum atomic E-state index is -0.259. The number of nitrogens with zero attached hydrogens (tertiary/aromatic N) is 2. The lowest BCUT2D eigenvalue weighted by atomic mass is 9.96. The number of carbonyl (C=O) groups excluding carboxylic acids is 1. The molecule has 138 valence electrons. The van der Waals surface area contributed by atoms with Crippen LogP contribution in [0.3, 0.4) is 0 Å². The number of hydrogen-bond acceptors (Lipinski definition) is 2. The highest BCUT2D eigenvalue weighted by molar-refractivity contribution is 5.92. The van der Waals surface area contributed by atoms with Gasteiger partial charge in [0.2, 0.25) is 5.91 Å². The van der Waals surface area contributed by atoms with Crippen LogP contribution in [0.4, 0.5) is 10.1 Å². The van der Waals surface area contributed by atoms with Gasteiger partial charge in [-0.25, -0.2) is 4.39 Å². The predicted molar refractivity (Wildman–Crippen MR) is 100 cm³/mol. The van der Waals surface area contributed by atoms with Crippen LogP contribution in [0.5, 0.6) is 0 Å². The SMILES string of the molecule is CC(=O)N(c1ccc(F)cc1)C1CCN(CC2CCCCCC2)CC1. The Morgan fingerprint density at radius 3 is 2.20 bits per heavy atom. The molecule has 1 amide bonds. The first kappa shape index (κ1) is 18.4. The van der Waals surface area contributed by atoms with E-state index in [2.05, 4.69) is 4.90 Å². The van der Waals surface area contributed by atoms with Gasteiger partial charge in [0.15, 0.2) is 0 Å². The monoisotopic (exact) mass is 346 g/mol. The van der Waals surface area contributed by atoms with E-state index in [1.165, 1.54) is 57.2 Å². The van der Waals surface area contributed by atoms with Crippen LogP contribution in [0.1, 0.15) is 58.3 Å². The fourth-order valence-corrected chi connectivity index (χ4v) is 4.52. The van der Waals surface area contributed by atoms with Gasteiger partial charge in [0.25, 0.3) is 0 Å². The molecule has 0 N–H and O–H groups in total. The molecule has 2 aliphatic rings. The number of piperidine rings is 1. The maximum Gasteiger partial charge on any atom is 0.224 e. The summed E-state index contributed by atoms with van der Waals surface area (Å²) in [4.78, 5) is 16.6. The molecule has 0 bridgehead atoms. The predicted octanol–water partition coefficient (Wildman–Crippen LogP) is 4.61. The van der Waals surface area contributed by atoms with Crippen LogP contribution in [0.2, 0.25) is 0 Å². The van der Waals surface area contributed by atoms with Crippen molar-refractivity contribution in [2.75, 3.05) is 24.5 Å². The second-order valence-electron chi connectivity index (χ2n) is 7.75. The smallest absolute Gasteiger partial charge is 0.224 e. The van der Waals surface area contributed by atoms with Crippen LogP contribution >= 0.6 is 0 Å². The second kappa shape index (κ2) is 8.79. The first-order valence-corrected chi connectivity index (χ1v) is 9.91. The fraction of sp³-hybridized carbons (Fsp3) is 0.667. The average molecular weight is 346 g/mol. The highest BCUT2D eigenvalue weighted by atomic mass is 19.1. The van der Waals surface area contributed by atoms with Gasteiger partial charge in [0.1, 0.15) is 5.82 Å². The van der Waals surface area contributed by atoms with Gasteiger partial charge in [-0.15, -0.1) is 0 Å². The van der Waals surface area contributed by atoms with E-state index in [4.69, 9.17) is 0 Å². The van der Waals surface area contributed by atoms with Gasteiger partial charge < -0.3 is 9.80 Å². The molecule has 0 atom stereocenters. The Labute approximate surface area is 151 Å². The fourth-order valence-electron chi connectivity index (χ4n) is 4.52. The number of amides is 1. The van der Waals surface area contributed by atoms with Crippen molar-refractivity contribution in [1.29, 1.82) is 0 Å². The van der Waals surface area contributed by atoms with Gasteiger partial charge in [-0.1, -0.05) is 25.7 Å². The molecular formula is C21H31FN2O. The molecule has 1 heterocycles. The van der Waals surface area contributed by atoms with Gasteiger partial charge in [-0.05, 0) is 55.9 Å². The van der Waals surface area contributed by atoms with E-state index in [1.54, 1.807) is 19.1 Å². The van der Waals surface area contributed by atoms with Crippen LogP contribution in [-0.4, -0.2) is 36.5 Å². The molecule has 2 fully saturated rings. The number of rotatable bonds is 4. The van der Waals surface area contributed by atoms with Gasteiger partial charge in [0, 0.05) is 38.3 Å². The summed E-state index contributed by atoms with van der Waals surface area (Å²) >= 11 is 0. The Balaban J connectivity index is 1.56. The summed E-state index contributed by atoms with van der Waals surface area (Å²) in [5.41, 5.74) is 0.816. The molecule has 25 heavy (non-hydrogen) atoms. The summed E-state index contributed by atoms with van der Waals surface area (Å²) < 4.78 is 13.2. The zero-order chi connectivity index (χ0) is 17.6. The zero-order valence-electron chi connectivity index (χ0n) is 15.4. The third kappa shape index (κ3) is 5.04. The van der Waals surface area contributed by atoms with Crippen molar-refractivity contribution >= 4 is 11.6 Å². The Morgan fingerprint density at radius 1 is 1.04 bits per heavy atom. The Bertz CT molecular complexity index is 544. The van der Waals surface area contributed by atoms with Gasteiger partial charge in [-0.2, -0.15) is 0 Å². The lowest BCUT2D eigenvalue weighted by Gasteiger charge is -2.39. The van der Waals surface area contributed by atoms with E-state index in [9.17, 15) is 9.18 Å². The normalized spacial score (nSPS) is 21.0. The third-order valence-electron chi connectivity index (χ3n) is 5.86. The van der Waals surface area contributed by atoms with Crippen LogP contribution in [0.25, 0.3) is 0 Å². The molecule has 1 aromatic carbocycles. The van der Waals surface area contributed by atoms with Crippen molar-refractivity contribution in [3.8, 4) is 0 Å². The maximum absolute atomic E-state index is 13.2. The van der Waals surface area contributed by atoms with Crippen LogP contribution in [0.15, 0.2) is 24.3 Å². The zero-order valence-corrected chi connectivity index (χ0v) is 15.4. The third-order valence-corrected chi connectivity index (χ3v) is 5.86. The lowest BCUT2D eigenvalue weighted by Crippen LogP contribution is -2.47. The molecule has 3 rings (SSSR count). The molecule has 1 aliphatic carbocycles. The molecular weight excluding hydrogens is 315 g/mol. The van der Waals surface area contributed by atoms with Crippen molar-refractivity contribution in [3.63, 3.8) is 0 Å². The maximum atomic E-state index is 13.2. The van der Waals surface area contributed by atoms with Crippen LogP contribution in [-0.2, 0) is 4.79 Å². The first-order chi connectivity index (χ1) is 12.1. The molecule has 4 heteroatoms. The summed E-state index contributed by atoms with van der Waals surface area (Å²) in [6, 6.07) is 6.54. The van der Waals surface area contributed by atoms with Gasteiger partial charge >= 0.3 is 0 Å². The van der Waals surface area contributed by atoms with E-state index in [0.29, 0.717) is 0 Å². The van der Waals surface area contributed by atoms with E-state index >= 15 is 0 Å². The summed E-state index contributed by atoms with van der Waals surface area (Å²) in [5.74, 6) is 0.652. The van der Waals surface area contributed by atoms with Crippen LogP contribution < -0.4 is 4.90 Å². The highest BCUT2D eigenvalue weighted by Crippen LogP contribution is 2.27. The Kier molecular flexibility index (Phi) is 6.46. The lowest BCUT2D eigenvalue weighted by molar-refractivity contribution is -0.117.